The number of nitrogens with two attached hydrogens (primary N) is 1. The Labute approximate surface area is 103 Å². The standard InChI is InChI=1S/C11H13FN4S/c1-7(13)9-5-8(12)3-4-10(9)17-11-15-14-6-16(11)2/h3-7H,13H2,1-2H3. The lowest BCUT2D eigenvalue weighted by atomic mass is 10.1. The maximum atomic E-state index is 13.2. The Kier molecular flexibility index (Phi) is 3.44. The first-order valence-corrected chi connectivity index (χ1v) is 5.96. The average Bonchev–Trinajstić information content (AvgIpc) is 2.67. The van der Waals surface area contributed by atoms with Crippen LogP contribution in [-0.4, -0.2) is 14.8 Å². The van der Waals surface area contributed by atoms with Gasteiger partial charge in [-0.2, -0.15) is 0 Å². The molecule has 0 aliphatic carbocycles. The molecule has 0 spiro atoms. The van der Waals surface area contributed by atoms with Gasteiger partial charge in [0.05, 0.1) is 0 Å². The van der Waals surface area contributed by atoms with Gasteiger partial charge in [-0.25, -0.2) is 4.39 Å². The third kappa shape index (κ3) is 2.65. The molecule has 2 N–H and O–H groups in total. The summed E-state index contributed by atoms with van der Waals surface area (Å²) in [7, 11) is 1.86. The average molecular weight is 252 g/mol. The van der Waals surface area contributed by atoms with Gasteiger partial charge in [0, 0.05) is 18.0 Å². The summed E-state index contributed by atoms with van der Waals surface area (Å²) in [4.78, 5) is 0.900. The van der Waals surface area contributed by atoms with Gasteiger partial charge in [-0.15, -0.1) is 10.2 Å². The predicted molar refractivity (Wildman–Crippen MR) is 64.1 cm³/mol. The van der Waals surface area contributed by atoms with Crippen molar-refractivity contribution < 1.29 is 4.39 Å². The van der Waals surface area contributed by atoms with Crippen molar-refractivity contribution in [2.45, 2.75) is 23.0 Å². The fourth-order valence-corrected chi connectivity index (χ4v) is 2.41. The molecule has 0 saturated heterocycles. The Hall–Kier alpha value is -1.40. The van der Waals surface area contributed by atoms with Crippen molar-refractivity contribution in [2.24, 2.45) is 12.8 Å². The second kappa shape index (κ2) is 4.85. The van der Waals surface area contributed by atoms with Crippen LogP contribution in [-0.2, 0) is 7.05 Å². The summed E-state index contributed by atoms with van der Waals surface area (Å²) in [6, 6.07) is 4.38. The minimum atomic E-state index is -0.278. The zero-order chi connectivity index (χ0) is 12.4. The lowest BCUT2D eigenvalue weighted by Gasteiger charge is -2.11. The lowest BCUT2D eigenvalue weighted by molar-refractivity contribution is 0.619. The first-order chi connectivity index (χ1) is 8.08. The van der Waals surface area contributed by atoms with Crippen LogP contribution in [0.15, 0.2) is 34.6 Å². The molecule has 1 aromatic heterocycles. The second-order valence-electron chi connectivity index (χ2n) is 3.80. The molecule has 0 amide bonds. The van der Waals surface area contributed by atoms with E-state index in [2.05, 4.69) is 10.2 Å². The Morgan fingerprint density at radius 2 is 2.24 bits per heavy atom. The van der Waals surface area contributed by atoms with Crippen molar-refractivity contribution >= 4 is 11.8 Å². The molecule has 1 atom stereocenters. The van der Waals surface area contributed by atoms with Crippen LogP contribution in [0.1, 0.15) is 18.5 Å². The molecule has 2 rings (SSSR count). The van der Waals surface area contributed by atoms with E-state index in [0.29, 0.717) is 0 Å². The van der Waals surface area contributed by atoms with Crippen LogP contribution in [0.2, 0.25) is 0 Å². The third-order valence-electron chi connectivity index (χ3n) is 2.33. The van der Waals surface area contributed by atoms with Crippen molar-refractivity contribution in [2.75, 3.05) is 0 Å². The molecule has 0 radical (unpaired) electrons. The molecule has 6 heteroatoms. The van der Waals surface area contributed by atoms with E-state index in [0.717, 1.165) is 15.6 Å². The number of hydrogen-bond acceptors (Lipinski definition) is 4. The van der Waals surface area contributed by atoms with Gasteiger partial charge in [0.2, 0.25) is 0 Å². The SMILES string of the molecule is CC(N)c1cc(F)ccc1Sc1nncn1C. The number of hydrogen-bond donors (Lipinski definition) is 1. The van der Waals surface area contributed by atoms with Gasteiger partial charge in [0.1, 0.15) is 12.1 Å². The minimum Gasteiger partial charge on any atom is -0.324 e. The van der Waals surface area contributed by atoms with E-state index in [4.69, 9.17) is 5.73 Å². The van der Waals surface area contributed by atoms with Crippen LogP contribution in [0.25, 0.3) is 0 Å². The third-order valence-corrected chi connectivity index (χ3v) is 3.48. The summed E-state index contributed by atoms with van der Waals surface area (Å²) in [5, 5.41) is 8.52. The van der Waals surface area contributed by atoms with Crippen LogP contribution in [0, 0.1) is 5.82 Å². The van der Waals surface area contributed by atoms with Gasteiger partial charge in [-0.1, -0.05) is 0 Å². The molecular formula is C11H13FN4S. The van der Waals surface area contributed by atoms with Crippen LogP contribution in [0.4, 0.5) is 4.39 Å². The Morgan fingerprint density at radius 3 is 2.82 bits per heavy atom. The lowest BCUT2D eigenvalue weighted by Crippen LogP contribution is -2.07. The Morgan fingerprint density at radius 1 is 1.47 bits per heavy atom. The second-order valence-corrected chi connectivity index (χ2v) is 4.81. The highest BCUT2D eigenvalue weighted by molar-refractivity contribution is 7.99. The smallest absolute Gasteiger partial charge is 0.195 e. The predicted octanol–water partition coefficient (Wildman–Crippen LogP) is 2.13. The molecule has 90 valence electrons. The molecular weight excluding hydrogens is 239 g/mol. The molecule has 4 nitrogen and oxygen atoms in total. The summed E-state index contributed by atoms with van der Waals surface area (Å²) >= 11 is 1.43. The van der Waals surface area contributed by atoms with Gasteiger partial charge in [0.25, 0.3) is 0 Å². The quantitative estimate of drug-likeness (QED) is 0.909. The largest absolute Gasteiger partial charge is 0.324 e. The maximum Gasteiger partial charge on any atom is 0.195 e. The maximum absolute atomic E-state index is 13.2. The Bertz CT molecular complexity index is 524. The molecule has 1 heterocycles. The summed E-state index contributed by atoms with van der Waals surface area (Å²) in [5.41, 5.74) is 6.60. The van der Waals surface area contributed by atoms with Gasteiger partial charge in [0.15, 0.2) is 5.16 Å². The van der Waals surface area contributed by atoms with Crippen molar-refractivity contribution in [1.82, 2.24) is 14.8 Å². The number of benzene rings is 1. The van der Waals surface area contributed by atoms with Crippen molar-refractivity contribution in [3.05, 3.63) is 35.9 Å². The number of halogens is 1. The first kappa shape index (κ1) is 12.1. The highest BCUT2D eigenvalue weighted by Crippen LogP contribution is 2.31. The van der Waals surface area contributed by atoms with Crippen LogP contribution in [0.3, 0.4) is 0 Å². The number of aryl methyl sites for hydroxylation is 1. The molecule has 17 heavy (non-hydrogen) atoms. The van der Waals surface area contributed by atoms with E-state index >= 15 is 0 Å². The zero-order valence-electron chi connectivity index (χ0n) is 9.59. The topological polar surface area (TPSA) is 56.7 Å². The molecule has 0 aliphatic rings. The molecule has 1 aromatic carbocycles. The molecule has 0 fully saturated rings. The molecule has 0 bridgehead atoms. The van der Waals surface area contributed by atoms with E-state index in [1.54, 1.807) is 17.0 Å². The van der Waals surface area contributed by atoms with Crippen molar-refractivity contribution in [1.29, 1.82) is 0 Å². The summed E-state index contributed by atoms with van der Waals surface area (Å²) in [6.07, 6.45) is 1.62. The van der Waals surface area contributed by atoms with Gasteiger partial charge >= 0.3 is 0 Å². The highest BCUT2D eigenvalue weighted by atomic mass is 32.2. The van der Waals surface area contributed by atoms with Gasteiger partial charge in [-0.3, -0.25) is 0 Å². The summed E-state index contributed by atoms with van der Waals surface area (Å²) < 4.78 is 15.0. The fourth-order valence-electron chi connectivity index (χ4n) is 1.43. The molecule has 2 aromatic rings. The van der Waals surface area contributed by atoms with E-state index in [-0.39, 0.29) is 11.9 Å². The number of rotatable bonds is 3. The minimum absolute atomic E-state index is 0.221. The van der Waals surface area contributed by atoms with Crippen LogP contribution >= 0.6 is 11.8 Å². The normalized spacial score (nSPS) is 12.7. The van der Waals surface area contributed by atoms with E-state index in [9.17, 15) is 4.39 Å². The van der Waals surface area contributed by atoms with Gasteiger partial charge < -0.3 is 10.3 Å². The van der Waals surface area contributed by atoms with E-state index in [1.165, 1.54) is 23.9 Å². The first-order valence-electron chi connectivity index (χ1n) is 5.15. The van der Waals surface area contributed by atoms with Gasteiger partial charge in [-0.05, 0) is 42.4 Å². The number of nitrogens with zero attached hydrogens (tertiary/aromatic N) is 3. The van der Waals surface area contributed by atoms with Crippen molar-refractivity contribution in [3.8, 4) is 0 Å². The van der Waals surface area contributed by atoms with E-state index < -0.39 is 0 Å². The number of aromatic nitrogens is 3. The van der Waals surface area contributed by atoms with Crippen LogP contribution in [0.5, 0.6) is 0 Å². The summed E-state index contributed by atoms with van der Waals surface area (Å²) in [6.45, 7) is 1.83. The zero-order valence-corrected chi connectivity index (χ0v) is 10.4. The fraction of sp³-hybridized carbons (Fsp3) is 0.273. The van der Waals surface area contributed by atoms with E-state index in [1.807, 2.05) is 14.0 Å². The van der Waals surface area contributed by atoms with Crippen LogP contribution < -0.4 is 5.73 Å². The Balaban J connectivity index is 2.36. The monoisotopic (exact) mass is 252 g/mol. The highest BCUT2D eigenvalue weighted by Gasteiger charge is 2.12. The molecule has 1 unspecified atom stereocenters. The van der Waals surface area contributed by atoms with Crippen molar-refractivity contribution in [3.63, 3.8) is 0 Å². The molecule has 0 aliphatic heterocycles. The summed E-state index contributed by atoms with van der Waals surface area (Å²) in [5.74, 6) is -0.278. The molecule has 0 saturated carbocycles.